The first-order valence-electron chi connectivity index (χ1n) is 6.68. The van der Waals surface area contributed by atoms with Gasteiger partial charge >= 0.3 is 0 Å². The van der Waals surface area contributed by atoms with Crippen LogP contribution in [0.2, 0.25) is 0 Å². The number of imidazole rings is 1. The van der Waals surface area contributed by atoms with Crippen molar-refractivity contribution in [1.82, 2.24) is 24.5 Å². The highest BCUT2D eigenvalue weighted by Crippen LogP contribution is 2.27. The lowest BCUT2D eigenvalue weighted by atomic mass is 9.85. The lowest BCUT2D eigenvalue weighted by molar-refractivity contribution is 0.320. The standard InChI is InChI=1S/C12H18N8/c1-19(7-9-3-2-4-9)11-15-10(18-13)16-12(17-11)20-6-5-14-8-20/h5-6,8-9H,2-4,7,13H2,1H3,(H,15,16,17,18). The quantitative estimate of drug-likeness (QED) is 0.608. The van der Waals surface area contributed by atoms with Crippen molar-refractivity contribution in [2.45, 2.75) is 19.3 Å². The smallest absolute Gasteiger partial charge is 0.243 e. The predicted octanol–water partition coefficient (Wildman–Crippen LogP) is 0.579. The Hall–Kier alpha value is -2.22. The molecule has 1 aliphatic carbocycles. The third-order valence-corrected chi connectivity index (χ3v) is 3.57. The van der Waals surface area contributed by atoms with E-state index in [4.69, 9.17) is 5.84 Å². The lowest BCUT2D eigenvalue weighted by Crippen LogP contribution is -2.31. The molecule has 2 heterocycles. The van der Waals surface area contributed by atoms with Crippen molar-refractivity contribution >= 4 is 11.9 Å². The number of anilines is 2. The molecule has 1 fully saturated rings. The molecule has 106 valence electrons. The number of rotatable bonds is 5. The van der Waals surface area contributed by atoms with Gasteiger partial charge in [-0.2, -0.15) is 15.0 Å². The van der Waals surface area contributed by atoms with Crippen LogP contribution >= 0.6 is 0 Å². The van der Waals surface area contributed by atoms with Gasteiger partial charge in [0, 0.05) is 26.0 Å². The highest BCUT2D eigenvalue weighted by Gasteiger charge is 2.21. The summed E-state index contributed by atoms with van der Waals surface area (Å²) >= 11 is 0. The van der Waals surface area contributed by atoms with Crippen LogP contribution in [-0.4, -0.2) is 38.1 Å². The van der Waals surface area contributed by atoms with Crippen molar-refractivity contribution in [3.63, 3.8) is 0 Å². The van der Waals surface area contributed by atoms with E-state index >= 15 is 0 Å². The van der Waals surface area contributed by atoms with Gasteiger partial charge in [0.15, 0.2) is 0 Å². The summed E-state index contributed by atoms with van der Waals surface area (Å²) in [6.07, 6.45) is 9.00. The van der Waals surface area contributed by atoms with E-state index < -0.39 is 0 Å². The fraction of sp³-hybridized carbons (Fsp3) is 0.500. The van der Waals surface area contributed by atoms with Crippen LogP contribution in [0.15, 0.2) is 18.7 Å². The second kappa shape index (κ2) is 5.41. The monoisotopic (exact) mass is 274 g/mol. The molecule has 8 heteroatoms. The molecule has 0 amide bonds. The number of aromatic nitrogens is 5. The molecule has 0 bridgehead atoms. The fourth-order valence-corrected chi connectivity index (χ4v) is 2.23. The van der Waals surface area contributed by atoms with E-state index in [1.807, 2.05) is 11.9 Å². The van der Waals surface area contributed by atoms with Crippen molar-refractivity contribution in [3.8, 4) is 5.95 Å². The predicted molar refractivity (Wildman–Crippen MR) is 75.4 cm³/mol. The summed E-state index contributed by atoms with van der Waals surface area (Å²) < 4.78 is 1.73. The number of nitrogen functional groups attached to an aromatic ring is 1. The molecule has 3 rings (SSSR count). The fourth-order valence-electron chi connectivity index (χ4n) is 2.23. The molecule has 0 atom stereocenters. The van der Waals surface area contributed by atoms with Crippen LogP contribution in [0.4, 0.5) is 11.9 Å². The summed E-state index contributed by atoms with van der Waals surface area (Å²) in [5, 5.41) is 0. The van der Waals surface area contributed by atoms with Gasteiger partial charge in [-0.15, -0.1) is 0 Å². The van der Waals surface area contributed by atoms with E-state index in [0.717, 1.165) is 12.5 Å². The third kappa shape index (κ3) is 2.55. The van der Waals surface area contributed by atoms with Gasteiger partial charge in [-0.25, -0.2) is 10.8 Å². The maximum absolute atomic E-state index is 5.43. The van der Waals surface area contributed by atoms with E-state index in [1.165, 1.54) is 19.3 Å². The van der Waals surface area contributed by atoms with Gasteiger partial charge in [-0.1, -0.05) is 6.42 Å². The van der Waals surface area contributed by atoms with Gasteiger partial charge in [0.25, 0.3) is 0 Å². The molecular formula is C12H18N8. The van der Waals surface area contributed by atoms with Gasteiger partial charge in [0.05, 0.1) is 0 Å². The Kier molecular flexibility index (Phi) is 3.46. The SMILES string of the molecule is CN(CC1CCC1)c1nc(NN)nc(-n2ccnc2)n1. The van der Waals surface area contributed by atoms with Gasteiger partial charge in [-0.05, 0) is 18.8 Å². The molecule has 1 aliphatic rings. The van der Waals surface area contributed by atoms with Gasteiger partial charge in [0.1, 0.15) is 6.33 Å². The summed E-state index contributed by atoms with van der Waals surface area (Å²) in [6, 6.07) is 0. The average Bonchev–Trinajstić information content (AvgIpc) is 2.96. The van der Waals surface area contributed by atoms with Gasteiger partial charge < -0.3 is 4.90 Å². The van der Waals surface area contributed by atoms with Crippen molar-refractivity contribution in [3.05, 3.63) is 18.7 Å². The number of hydrazine groups is 1. The van der Waals surface area contributed by atoms with Crippen LogP contribution in [0.1, 0.15) is 19.3 Å². The molecule has 20 heavy (non-hydrogen) atoms. The summed E-state index contributed by atoms with van der Waals surface area (Å²) in [7, 11) is 1.99. The maximum atomic E-state index is 5.43. The highest BCUT2D eigenvalue weighted by molar-refractivity contribution is 5.39. The number of nitrogens with one attached hydrogen (secondary N) is 1. The Labute approximate surface area is 117 Å². The maximum Gasteiger partial charge on any atom is 0.243 e. The molecule has 0 spiro atoms. The molecule has 0 aromatic carbocycles. The topological polar surface area (TPSA) is 97.8 Å². The Bertz CT molecular complexity index is 563. The molecule has 0 unspecified atom stereocenters. The number of nitrogens with zero attached hydrogens (tertiary/aromatic N) is 6. The summed E-state index contributed by atoms with van der Waals surface area (Å²) in [4.78, 5) is 19.0. The lowest BCUT2D eigenvalue weighted by Gasteiger charge is -2.30. The molecule has 0 aliphatic heterocycles. The minimum absolute atomic E-state index is 0.346. The van der Waals surface area contributed by atoms with Crippen LogP contribution in [-0.2, 0) is 0 Å². The third-order valence-electron chi connectivity index (χ3n) is 3.57. The first kappa shape index (κ1) is 12.8. The van der Waals surface area contributed by atoms with E-state index in [9.17, 15) is 0 Å². The van der Waals surface area contributed by atoms with Gasteiger partial charge in [-0.3, -0.25) is 9.99 Å². The number of hydrogen-bond donors (Lipinski definition) is 2. The summed E-state index contributed by atoms with van der Waals surface area (Å²) in [5.41, 5.74) is 2.48. The molecule has 0 radical (unpaired) electrons. The van der Waals surface area contributed by atoms with Crippen LogP contribution in [0.3, 0.4) is 0 Å². The van der Waals surface area contributed by atoms with Crippen molar-refractivity contribution < 1.29 is 0 Å². The minimum Gasteiger partial charge on any atom is -0.343 e. The Balaban J connectivity index is 1.87. The van der Waals surface area contributed by atoms with E-state index in [2.05, 4.69) is 25.4 Å². The number of nitrogens with two attached hydrogens (primary N) is 1. The molecule has 3 N–H and O–H groups in total. The second-order valence-electron chi connectivity index (χ2n) is 5.05. The zero-order valence-electron chi connectivity index (χ0n) is 11.4. The largest absolute Gasteiger partial charge is 0.343 e. The van der Waals surface area contributed by atoms with E-state index in [-0.39, 0.29) is 0 Å². The van der Waals surface area contributed by atoms with Crippen molar-refractivity contribution in [1.29, 1.82) is 0 Å². The molecule has 2 aromatic heterocycles. The van der Waals surface area contributed by atoms with Crippen LogP contribution < -0.4 is 16.2 Å². The van der Waals surface area contributed by atoms with E-state index in [1.54, 1.807) is 23.3 Å². The first-order valence-corrected chi connectivity index (χ1v) is 6.68. The number of hydrogen-bond acceptors (Lipinski definition) is 7. The average molecular weight is 274 g/mol. The van der Waals surface area contributed by atoms with Crippen molar-refractivity contribution in [2.75, 3.05) is 23.9 Å². The molecular weight excluding hydrogens is 256 g/mol. The van der Waals surface area contributed by atoms with E-state index in [0.29, 0.717) is 17.8 Å². The molecule has 0 saturated heterocycles. The summed E-state index contributed by atoms with van der Waals surface area (Å²) in [5.74, 6) is 7.63. The van der Waals surface area contributed by atoms with Crippen LogP contribution in [0.5, 0.6) is 0 Å². The second-order valence-corrected chi connectivity index (χ2v) is 5.05. The Morgan fingerprint density at radius 1 is 1.40 bits per heavy atom. The Morgan fingerprint density at radius 3 is 2.85 bits per heavy atom. The van der Waals surface area contributed by atoms with Crippen LogP contribution in [0.25, 0.3) is 5.95 Å². The molecule has 8 nitrogen and oxygen atoms in total. The normalized spacial score (nSPS) is 14.9. The minimum atomic E-state index is 0.346. The zero-order valence-corrected chi connectivity index (χ0v) is 11.4. The first-order chi connectivity index (χ1) is 9.76. The Morgan fingerprint density at radius 2 is 2.25 bits per heavy atom. The molecule has 1 saturated carbocycles. The van der Waals surface area contributed by atoms with Crippen LogP contribution in [0, 0.1) is 5.92 Å². The van der Waals surface area contributed by atoms with Crippen molar-refractivity contribution in [2.24, 2.45) is 11.8 Å². The molecule has 2 aromatic rings. The van der Waals surface area contributed by atoms with Gasteiger partial charge in [0.2, 0.25) is 17.8 Å². The highest BCUT2D eigenvalue weighted by atomic mass is 15.4. The zero-order chi connectivity index (χ0) is 13.9. The summed E-state index contributed by atoms with van der Waals surface area (Å²) in [6.45, 7) is 0.956.